The predicted octanol–water partition coefficient (Wildman–Crippen LogP) is 3.47. The highest BCUT2D eigenvalue weighted by Crippen LogP contribution is 2.25. The Kier molecular flexibility index (Phi) is 5.38. The number of aliphatic hydroxyl groups is 1. The monoisotopic (exact) mass is 332 g/mol. The van der Waals surface area contributed by atoms with Crippen molar-refractivity contribution in [1.82, 2.24) is 0 Å². The lowest BCUT2D eigenvalue weighted by Gasteiger charge is -2.11. The number of benzene rings is 2. The molecule has 0 radical (unpaired) electrons. The van der Waals surface area contributed by atoms with Gasteiger partial charge in [0.15, 0.2) is 0 Å². The number of carboxylic acid groups (broad SMARTS) is 1. The van der Waals surface area contributed by atoms with Crippen LogP contribution in [0.4, 0.5) is 0 Å². The number of aliphatic hydroxyl groups excluding tert-OH is 1. The molecule has 2 rings (SSSR count). The van der Waals surface area contributed by atoms with Crippen molar-refractivity contribution in [2.45, 2.75) is 6.61 Å². The molecule has 0 fully saturated rings. The second kappa shape index (κ2) is 7.47. The number of hydrogen-bond donors (Lipinski definition) is 2. The molecule has 0 saturated heterocycles. The standard InChI is InChI=1S/C17H13ClO5/c18-12-7-5-11(6-8-12)10-23-16-4-2-1-3-13(16)14(19)9-15(20)17(21)22/h1-9,19H,10H2,(H,21,22). The molecule has 2 aromatic rings. The van der Waals surface area contributed by atoms with Gasteiger partial charge in [-0.3, -0.25) is 4.79 Å². The Morgan fingerprint density at radius 3 is 2.35 bits per heavy atom. The average molecular weight is 333 g/mol. The number of para-hydroxylation sites is 1. The third-order valence-corrected chi connectivity index (χ3v) is 3.20. The number of ketones is 1. The zero-order valence-corrected chi connectivity index (χ0v) is 12.7. The van der Waals surface area contributed by atoms with Crippen molar-refractivity contribution in [1.29, 1.82) is 0 Å². The zero-order chi connectivity index (χ0) is 16.8. The van der Waals surface area contributed by atoms with Gasteiger partial charge in [0, 0.05) is 11.1 Å². The van der Waals surface area contributed by atoms with Crippen LogP contribution in [-0.4, -0.2) is 22.0 Å². The van der Waals surface area contributed by atoms with Gasteiger partial charge in [-0.15, -0.1) is 0 Å². The van der Waals surface area contributed by atoms with Crippen LogP contribution < -0.4 is 4.74 Å². The Hall–Kier alpha value is -2.79. The fourth-order valence-electron chi connectivity index (χ4n) is 1.81. The van der Waals surface area contributed by atoms with Crippen LogP contribution in [-0.2, 0) is 16.2 Å². The second-order valence-corrected chi connectivity index (χ2v) is 5.05. The molecule has 0 aliphatic rings. The van der Waals surface area contributed by atoms with Gasteiger partial charge in [0.05, 0.1) is 5.56 Å². The summed E-state index contributed by atoms with van der Waals surface area (Å²) in [6.07, 6.45) is 0.646. The Balaban J connectivity index is 2.18. The van der Waals surface area contributed by atoms with Crippen molar-refractivity contribution in [2.75, 3.05) is 0 Å². The summed E-state index contributed by atoms with van der Waals surface area (Å²) in [4.78, 5) is 21.7. The van der Waals surface area contributed by atoms with Gasteiger partial charge in [0.2, 0.25) is 0 Å². The molecule has 0 amide bonds. The zero-order valence-electron chi connectivity index (χ0n) is 11.9. The minimum Gasteiger partial charge on any atom is -0.507 e. The van der Waals surface area contributed by atoms with E-state index in [9.17, 15) is 14.7 Å². The summed E-state index contributed by atoms with van der Waals surface area (Å²) < 4.78 is 5.62. The van der Waals surface area contributed by atoms with Crippen molar-refractivity contribution >= 4 is 29.1 Å². The van der Waals surface area contributed by atoms with E-state index in [0.717, 1.165) is 5.56 Å². The van der Waals surface area contributed by atoms with E-state index in [-0.39, 0.29) is 12.2 Å². The normalized spacial score (nSPS) is 11.1. The minimum atomic E-state index is -1.64. The van der Waals surface area contributed by atoms with Gasteiger partial charge in [-0.1, -0.05) is 35.9 Å². The molecule has 0 atom stereocenters. The van der Waals surface area contributed by atoms with Crippen molar-refractivity contribution in [3.05, 3.63) is 70.8 Å². The summed E-state index contributed by atoms with van der Waals surface area (Å²) in [7, 11) is 0. The van der Waals surface area contributed by atoms with Crippen LogP contribution in [0, 0.1) is 0 Å². The topological polar surface area (TPSA) is 83.8 Å². The van der Waals surface area contributed by atoms with Crippen molar-refractivity contribution in [3.8, 4) is 5.75 Å². The van der Waals surface area contributed by atoms with Crippen LogP contribution in [0.15, 0.2) is 54.6 Å². The number of aliphatic carboxylic acids is 1. The van der Waals surface area contributed by atoms with E-state index in [0.29, 0.717) is 16.8 Å². The number of halogens is 1. The number of carbonyl (C=O) groups is 2. The Morgan fingerprint density at radius 2 is 1.70 bits per heavy atom. The fraction of sp³-hybridized carbons (Fsp3) is 0.0588. The smallest absolute Gasteiger partial charge is 0.376 e. The highest BCUT2D eigenvalue weighted by atomic mass is 35.5. The molecule has 0 heterocycles. The van der Waals surface area contributed by atoms with Gasteiger partial charge >= 0.3 is 5.97 Å². The van der Waals surface area contributed by atoms with Gasteiger partial charge in [0.1, 0.15) is 18.1 Å². The molecule has 2 aromatic carbocycles. The van der Waals surface area contributed by atoms with Gasteiger partial charge < -0.3 is 14.9 Å². The van der Waals surface area contributed by atoms with Crippen LogP contribution in [0.3, 0.4) is 0 Å². The van der Waals surface area contributed by atoms with Gasteiger partial charge in [-0.25, -0.2) is 4.79 Å². The maximum atomic E-state index is 11.2. The molecule has 118 valence electrons. The molecule has 5 nitrogen and oxygen atoms in total. The van der Waals surface area contributed by atoms with E-state index < -0.39 is 17.5 Å². The van der Waals surface area contributed by atoms with E-state index in [1.165, 1.54) is 6.07 Å². The minimum absolute atomic E-state index is 0.230. The summed E-state index contributed by atoms with van der Waals surface area (Å²) >= 11 is 5.81. The fourth-order valence-corrected chi connectivity index (χ4v) is 1.94. The first-order chi connectivity index (χ1) is 11.0. The van der Waals surface area contributed by atoms with Gasteiger partial charge in [-0.2, -0.15) is 0 Å². The molecule has 0 aliphatic carbocycles. The maximum Gasteiger partial charge on any atom is 0.376 e. The van der Waals surface area contributed by atoms with Gasteiger partial charge in [0.25, 0.3) is 5.78 Å². The Bertz CT molecular complexity index is 750. The summed E-state index contributed by atoms with van der Waals surface area (Å²) in [5, 5.41) is 19.1. The highest BCUT2D eigenvalue weighted by Gasteiger charge is 2.13. The lowest BCUT2D eigenvalue weighted by atomic mass is 10.1. The van der Waals surface area contributed by atoms with Crippen molar-refractivity contribution < 1.29 is 24.5 Å². The van der Waals surface area contributed by atoms with Crippen LogP contribution in [0.25, 0.3) is 5.76 Å². The third kappa shape index (κ3) is 4.59. The van der Waals surface area contributed by atoms with Crippen LogP contribution >= 0.6 is 11.6 Å². The van der Waals surface area contributed by atoms with E-state index in [4.69, 9.17) is 21.4 Å². The number of carboxylic acids is 1. The predicted molar refractivity (Wildman–Crippen MR) is 85.5 cm³/mol. The molecule has 0 unspecified atom stereocenters. The molecule has 2 N–H and O–H groups in total. The van der Waals surface area contributed by atoms with E-state index >= 15 is 0 Å². The second-order valence-electron chi connectivity index (χ2n) is 4.61. The quantitative estimate of drug-likeness (QED) is 0.480. The summed E-state index contributed by atoms with van der Waals surface area (Å²) in [6, 6.07) is 13.5. The number of ether oxygens (including phenoxy) is 1. The maximum absolute atomic E-state index is 11.2. The van der Waals surface area contributed by atoms with Crippen molar-refractivity contribution in [2.24, 2.45) is 0 Å². The molecule has 6 heteroatoms. The average Bonchev–Trinajstić information content (AvgIpc) is 2.54. The molecular formula is C17H13ClO5. The molecule has 0 bridgehead atoms. The number of carbonyl (C=O) groups excluding carboxylic acids is 1. The van der Waals surface area contributed by atoms with Gasteiger partial charge in [-0.05, 0) is 29.8 Å². The molecule has 0 spiro atoms. The van der Waals surface area contributed by atoms with Crippen LogP contribution in [0.1, 0.15) is 11.1 Å². The van der Waals surface area contributed by atoms with E-state index in [1.807, 2.05) is 0 Å². The Morgan fingerprint density at radius 1 is 1.04 bits per heavy atom. The van der Waals surface area contributed by atoms with E-state index in [2.05, 4.69) is 0 Å². The first kappa shape index (κ1) is 16.6. The highest BCUT2D eigenvalue weighted by molar-refractivity contribution is 6.38. The molecule has 0 aromatic heterocycles. The Labute approximate surface area is 137 Å². The molecule has 23 heavy (non-hydrogen) atoms. The summed E-state index contributed by atoms with van der Waals surface area (Å²) in [6.45, 7) is 0.230. The lowest BCUT2D eigenvalue weighted by molar-refractivity contribution is -0.146. The SMILES string of the molecule is O=C(O)C(=O)C=C(O)c1ccccc1OCc1ccc(Cl)cc1. The third-order valence-electron chi connectivity index (χ3n) is 2.95. The number of hydrogen-bond acceptors (Lipinski definition) is 4. The van der Waals surface area contributed by atoms with Crippen LogP contribution in [0.5, 0.6) is 5.75 Å². The van der Waals surface area contributed by atoms with E-state index in [1.54, 1.807) is 42.5 Å². The van der Waals surface area contributed by atoms with Crippen molar-refractivity contribution in [3.63, 3.8) is 0 Å². The van der Waals surface area contributed by atoms with Crippen LogP contribution in [0.2, 0.25) is 5.02 Å². The first-order valence-corrected chi connectivity index (χ1v) is 6.99. The largest absolute Gasteiger partial charge is 0.507 e. The summed E-state index contributed by atoms with van der Waals surface area (Å²) in [5.74, 6) is -3.00. The number of rotatable bonds is 6. The molecular weight excluding hydrogens is 320 g/mol. The molecule has 0 aliphatic heterocycles. The first-order valence-electron chi connectivity index (χ1n) is 6.62. The molecule has 0 saturated carbocycles. The summed E-state index contributed by atoms with van der Waals surface area (Å²) in [5.41, 5.74) is 1.10. The lowest BCUT2D eigenvalue weighted by Crippen LogP contribution is -2.09.